The number of para-hydroxylation sites is 1. The van der Waals surface area contributed by atoms with E-state index in [0.29, 0.717) is 0 Å². The highest BCUT2D eigenvalue weighted by atomic mass is 16.4. The average molecular weight is 552 g/mol. The zero-order valence-electron chi connectivity index (χ0n) is 22.8. The van der Waals surface area contributed by atoms with Crippen LogP contribution in [0.2, 0.25) is 0 Å². The summed E-state index contributed by atoms with van der Waals surface area (Å²) < 4.78 is 0. The summed E-state index contributed by atoms with van der Waals surface area (Å²) in [7, 11) is 0. The number of hydrogen-bond donors (Lipinski definition) is 7. The number of carbonyl (C=O) groups excluding carboxylic acids is 3. The predicted molar refractivity (Wildman–Crippen MR) is 150 cm³/mol. The van der Waals surface area contributed by atoms with Crippen LogP contribution in [0.3, 0.4) is 0 Å². The maximum atomic E-state index is 13.6. The van der Waals surface area contributed by atoms with Gasteiger partial charge in [-0.1, -0.05) is 44.2 Å². The lowest BCUT2D eigenvalue weighted by atomic mass is 10.00. The summed E-state index contributed by atoms with van der Waals surface area (Å²) >= 11 is 0. The molecule has 0 fully saturated rings. The summed E-state index contributed by atoms with van der Waals surface area (Å²) in [5, 5.41) is 27.4. The molecular weight excluding hydrogens is 514 g/mol. The number of benzene rings is 2. The SMILES string of the molecule is CC(C)CC(NC(=O)C(Cc1c[nH]c2ccccc12)NC(=O)C(N)Cc1ccc(O)cc1)C(=O)NC(C)C(=O)O. The number of carboxylic acids is 1. The fourth-order valence-electron chi connectivity index (χ4n) is 4.34. The molecule has 0 aliphatic heterocycles. The minimum absolute atomic E-state index is 0.0107. The molecule has 0 aliphatic rings. The Morgan fingerprint density at radius 3 is 2.12 bits per heavy atom. The van der Waals surface area contributed by atoms with Crippen LogP contribution in [0.5, 0.6) is 5.75 Å². The largest absolute Gasteiger partial charge is 0.508 e. The molecule has 0 radical (unpaired) electrons. The molecule has 3 rings (SSSR count). The molecule has 0 aliphatic carbocycles. The molecule has 0 saturated carbocycles. The number of phenolic OH excluding ortho intramolecular Hbond substituents is 1. The zero-order valence-corrected chi connectivity index (χ0v) is 22.8. The zero-order chi connectivity index (χ0) is 29.4. The van der Waals surface area contributed by atoms with E-state index in [9.17, 15) is 29.4 Å². The summed E-state index contributed by atoms with van der Waals surface area (Å²) in [5.41, 5.74) is 8.55. The fraction of sp³-hybridized carbons (Fsp3) is 0.379. The van der Waals surface area contributed by atoms with Crippen molar-refractivity contribution in [3.63, 3.8) is 0 Å². The van der Waals surface area contributed by atoms with E-state index in [1.54, 1.807) is 18.3 Å². The summed E-state index contributed by atoms with van der Waals surface area (Å²) in [4.78, 5) is 54.0. The Morgan fingerprint density at radius 1 is 0.850 bits per heavy atom. The Hall–Kier alpha value is -4.38. The number of aromatic amines is 1. The number of nitrogens with two attached hydrogens (primary N) is 1. The second-order valence-corrected chi connectivity index (χ2v) is 10.4. The van der Waals surface area contributed by atoms with Gasteiger partial charge < -0.3 is 36.9 Å². The molecule has 3 amide bonds. The lowest BCUT2D eigenvalue weighted by Gasteiger charge is -2.25. The van der Waals surface area contributed by atoms with Crippen molar-refractivity contribution in [2.75, 3.05) is 0 Å². The molecule has 4 atom stereocenters. The molecule has 11 nitrogen and oxygen atoms in total. The highest BCUT2D eigenvalue weighted by molar-refractivity contribution is 5.95. The van der Waals surface area contributed by atoms with Crippen molar-refractivity contribution in [2.45, 2.75) is 64.2 Å². The number of phenols is 1. The van der Waals surface area contributed by atoms with E-state index in [2.05, 4.69) is 20.9 Å². The fourth-order valence-corrected chi connectivity index (χ4v) is 4.34. The van der Waals surface area contributed by atoms with Gasteiger partial charge >= 0.3 is 5.97 Å². The van der Waals surface area contributed by atoms with Gasteiger partial charge in [-0.2, -0.15) is 0 Å². The van der Waals surface area contributed by atoms with Crippen LogP contribution in [0.15, 0.2) is 54.7 Å². The Bertz CT molecular complexity index is 1340. The van der Waals surface area contributed by atoms with Crippen LogP contribution >= 0.6 is 0 Å². The molecule has 1 aromatic heterocycles. The van der Waals surface area contributed by atoms with Gasteiger partial charge in [-0.15, -0.1) is 0 Å². The third kappa shape index (κ3) is 8.31. The number of aromatic nitrogens is 1. The van der Waals surface area contributed by atoms with Crippen LogP contribution in [0, 0.1) is 5.92 Å². The van der Waals surface area contributed by atoms with Crippen LogP contribution < -0.4 is 21.7 Å². The minimum Gasteiger partial charge on any atom is -0.508 e. The highest BCUT2D eigenvalue weighted by Gasteiger charge is 2.30. The van der Waals surface area contributed by atoms with Crippen molar-refractivity contribution in [3.8, 4) is 5.75 Å². The third-order valence-corrected chi connectivity index (χ3v) is 6.53. The van der Waals surface area contributed by atoms with Crippen LogP contribution in [0.4, 0.5) is 0 Å². The van der Waals surface area contributed by atoms with Gasteiger partial charge in [0.15, 0.2) is 0 Å². The van der Waals surface area contributed by atoms with E-state index in [0.717, 1.165) is 22.0 Å². The summed E-state index contributed by atoms with van der Waals surface area (Å²) in [6, 6.07) is 9.65. The highest BCUT2D eigenvalue weighted by Crippen LogP contribution is 2.20. The lowest BCUT2D eigenvalue weighted by molar-refractivity contribution is -0.141. The topological polar surface area (TPSA) is 187 Å². The number of hydrogen-bond acceptors (Lipinski definition) is 6. The number of fused-ring (bicyclic) bond motifs is 1. The van der Waals surface area contributed by atoms with E-state index in [1.807, 2.05) is 38.1 Å². The van der Waals surface area contributed by atoms with Crippen LogP contribution in [0.1, 0.15) is 38.3 Å². The van der Waals surface area contributed by atoms with Crippen molar-refractivity contribution in [2.24, 2.45) is 11.7 Å². The van der Waals surface area contributed by atoms with Crippen molar-refractivity contribution in [1.82, 2.24) is 20.9 Å². The van der Waals surface area contributed by atoms with Gasteiger partial charge in [0, 0.05) is 23.5 Å². The third-order valence-electron chi connectivity index (χ3n) is 6.53. The molecule has 214 valence electrons. The normalized spacial score (nSPS) is 14.2. The van der Waals surface area contributed by atoms with Crippen LogP contribution in [-0.4, -0.2) is 63.1 Å². The molecule has 40 heavy (non-hydrogen) atoms. The second-order valence-electron chi connectivity index (χ2n) is 10.4. The summed E-state index contributed by atoms with van der Waals surface area (Å²) in [6.45, 7) is 5.09. The van der Waals surface area contributed by atoms with Crippen LogP contribution in [0.25, 0.3) is 10.9 Å². The summed E-state index contributed by atoms with van der Waals surface area (Å²) in [5.74, 6) is -2.88. The van der Waals surface area contributed by atoms with Crippen molar-refractivity contribution in [3.05, 3.63) is 65.9 Å². The number of nitrogens with one attached hydrogen (secondary N) is 4. The number of H-pyrrole nitrogens is 1. The minimum atomic E-state index is -1.20. The van der Waals surface area contributed by atoms with Gasteiger partial charge in [0.25, 0.3) is 0 Å². The molecule has 11 heteroatoms. The Balaban J connectivity index is 1.82. The van der Waals surface area contributed by atoms with E-state index >= 15 is 0 Å². The molecule has 0 bridgehead atoms. The molecule has 4 unspecified atom stereocenters. The number of carboxylic acid groups (broad SMARTS) is 1. The molecule has 1 heterocycles. The maximum absolute atomic E-state index is 13.6. The molecule has 0 spiro atoms. The number of rotatable bonds is 13. The monoisotopic (exact) mass is 551 g/mol. The van der Waals surface area contributed by atoms with Gasteiger partial charge in [-0.3, -0.25) is 19.2 Å². The number of amides is 3. The molecule has 8 N–H and O–H groups in total. The quantitative estimate of drug-likeness (QED) is 0.168. The Kier molecular flexibility index (Phi) is 10.3. The smallest absolute Gasteiger partial charge is 0.325 e. The van der Waals surface area contributed by atoms with Crippen molar-refractivity contribution >= 4 is 34.6 Å². The van der Waals surface area contributed by atoms with Crippen molar-refractivity contribution in [1.29, 1.82) is 0 Å². The summed E-state index contributed by atoms with van der Waals surface area (Å²) in [6.07, 6.45) is 2.33. The van der Waals surface area contributed by atoms with Crippen LogP contribution in [-0.2, 0) is 32.0 Å². The number of aromatic hydroxyl groups is 1. The number of aliphatic carboxylic acids is 1. The molecular formula is C29H37N5O6. The van der Waals surface area contributed by atoms with Gasteiger partial charge in [0.05, 0.1) is 6.04 Å². The van der Waals surface area contributed by atoms with Gasteiger partial charge in [-0.25, -0.2) is 0 Å². The standard InChI is InChI=1S/C29H37N5O6/c1-16(2)12-24(27(37)32-17(3)29(39)40)34-28(38)25(14-19-15-31-23-7-5-4-6-21(19)23)33-26(36)22(30)13-18-8-10-20(35)11-9-18/h4-11,15-17,22,24-25,31,35H,12-14,30H2,1-3H3,(H,32,37)(H,33,36)(H,34,38)(H,39,40). The predicted octanol–water partition coefficient (Wildman–Crippen LogP) is 1.59. The number of carbonyl (C=O) groups is 4. The molecule has 0 saturated heterocycles. The van der Waals surface area contributed by atoms with E-state index in [-0.39, 0.29) is 30.9 Å². The van der Waals surface area contributed by atoms with Gasteiger partial charge in [0.1, 0.15) is 23.9 Å². The van der Waals surface area contributed by atoms with Gasteiger partial charge in [0.2, 0.25) is 17.7 Å². The molecule has 3 aromatic rings. The Morgan fingerprint density at radius 2 is 1.48 bits per heavy atom. The van der Waals surface area contributed by atoms with Gasteiger partial charge in [-0.05, 0) is 55.0 Å². The van der Waals surface area contributed by atoms with Crippen molar-refractivity contribution < 1.29 is 29.4 Å². The first kappa shape index (κ1) is 30.2. The van der Waals surface area contributed by atoms with E-state index in [4.69, 9.17) is 5.73 Å². The first-order valence-electron chi connectivity index (χ1n) is 13.2. The first-order valence-corrected chi connectivity index (χ1v) is 13.2. The first-order chi connectivity index (χ1) is 18.9. The average Bonchev–Trinajstić information content (AvgIpc) is 3.31. The lowest BCUT2D eigenvalue weighted by Crippen LogP contribution is -2.57. The van der Waals surface area contributed by atoms with E-state index in [1.165, 1.54) is 19.1 Å². The molecule has 2 aromatic carbocycles. The van der Waals surface area contributed by atoms with E-state index < -0.39 is 47.9 Å². The maximum Gasteiger partial charge on any atom is 0.325 e. The second kappa shape index (κ2) is 13.6. The Labute approximate surface area is 232 Å².